The van der Waals surface area contributed by atoms with E-state index in [2.05, 4.69) is 28.0 Å². The van der Waals surface area contributed by atoms with Crippen LogP contribution in [-0.2, 0) is 4.79 Å². The molecule has 0 fully saturated rings. The second-order valence-corrected chi connectivity index (χ2v) is 7.27. The molecule has 0 aromatic heterocycles. The maximum Gasteiger partial charge on any atom is 0.334 e. The molecule has 0 bridgehead atoms. The smallest absolute Gasteiger partial charge is 0.329 e. The lowest BCUT2D eigenvalue weighted by atomic mass is 10.0. The van der Waals surface area contributed by atoms with Crippen molar-refractivity contribution in [2.24, 2.45) is 5.73 Å². The SMILES string of the molecule is CNN(CCN)C(=O)N(C)C(C)C(=O)C(C)(C)I. The number of rotatable bonds is 6. The molecule has 0 rings (SSSR count). The van der Waals surface area contributed by atoms with Crippen molar-refractivity contribution < 1.29 is 9.59 Å². The van der Waals surface area contributed by atoms with Gasteiger partial charge in [-0.05, 0) is 20.8 Å². The average Bonchev–Trinajstić information content (AvgIpc) is 2.31. The molecule has 3 N–H and O–H groups in total. The van der Waals surface area contributed by atoms with Crippen LogP contribution in [0.3, 0.4) is 0 Å². The number of urea groups is 1. The first-order chi connectivity index (χ1) is 8.16. The zero-order valence-electron chi connectivity index (χ0n) is 11.7. The van der Waals surface area contributed by atoms with Gasteiger partial charge < -0.3 is 10.6 Å². The summed E-state index contributed by atoms with van der Waals surface area (Å²) in [7, 11) is 3.27. The van der Waals surface area contributed by atoms with Gasteiger partial charge in [-0.2, -0.15) is 0 Å². The van der Waals surface area contributed by atoms with E-state index < -0.39 is 9.46 Å². The van der Waals surface area contributed by atoms with Gasteiger partial charge in [-0.15, -0.1) is 0 Å². The largest absolute Gasteiger partial charge is 0.334 e. The van der Waals surface area contributed by atoms with E-state index in [4.69, 9.17) is 5.73 Å². The molecule has 0 heterocycles. The van der Waals surface area contributed by atoms with E-state index in [1.165, 1.54) is 9.91 Å². The molecule has 0 aliphatic rings. The second kappa shape index (κ2) is 7.25. The van der Waals surface area contributed by atoms with Gasteiger partial charge >= 0.3 is 6.03 Å². The van der Waals surface area contributed by atoms with E-state index >= 15 is 0 Å². The van der Waals surface area contributed by atoms with Gasteiger partial charge in [-0.1, -0.05) is 22.6 Å². The number of alkyl halides is 1. The fourth-order valence-corrected chi connectivity index (χ4v) is 1.91. The molecule has 0 saturated heterocycles. The number of hydrogen-bond donors (Lipinski definition) is 2. The molecule has 0 spiro atoms. The van der Waals surface area contributed by atoms with Gasteiger partial charge in [-0.3, -0.25) is 9.80 Å². The minimum absolute atomic E-state index is 0.0164. The number of hydrogen-bond acceptors (Lipinski definition) is 4. The van der Waals surface area contributed by atoms with E-state index in [9.17, 15) is 9.59 Å². The summed E-state index contributed by atoms with van der Waals surface area (Å²) in [6.07, 6.45) is 0. The number of halogens is 1. The van der Waals surface area contributed by atoms with Gasteiger partial charge in [0.15, 0.2) is 5.78 Å². The first-order valence-electron chi connectivity index (χ1n) is 5.81. The number of ketones is 1. The number of nitrogens with two attached hydrogens (primary N) is 1. The molecule has 2 amide bonds. The molecule has 6 nitrogen and oxygen atoms in total. The lowest BCUT2D eigenvalue weighted by molar-refractivity contribution is -0.123. The van der Waals surface area contributed by atoms with E-state index in [-0.39, 0.29) is 11.8 Å². The molecule has 0 radical (unpaired) electrons. The highest BCUT2D eigenvalue weighted by Gasteiger charge is 2.33. The lowest BCUT2D eigenvalue weighted by Crippen LogP contribution is -2.54. The number of nitrogens with one attached hydrogen (secondary N) is 1. The predicted molar refractivity (Wildman–Crippen MR) is 80.5 cm³/mol. The summed E-state index contributed by atoms with van der Waals surface area (Å²) in [5.41, 5.74) is 8.19. The molecule has 18 heavy (non-hydrogen) atoms. The third-order valence-electron chi connectivity index (χ3n) is 2.70. The van der Waals surface area contributed by atoms with Crippen molar-refractivity contribution in [1.29, 1.82) is 0 Å². The minimum atomic E-state index is -0.496. The third kappa shape index (κ3) is 4.69. The Hall–Kier alpha value is -0.410. The van der Waals surface area contributed by atoms with Crippen molar-refractivity contribution in [2.75, 3.05) is 27.2 Å². The average molecular weight is 370 g/mol. The Balaban J connectivity index is 4.78. The van der Waals surface area contributed by atoms with Crippen LogP contribution in [0.15, 0.2) is 0 Å². The summed E-state index contributed by atoms with van der Waals surface area (Å²) in [6.45, 7) is 6.16. The molecule has 0 aliphatic heterocycles. The molecule has 0 saturated carbocycles. The standard InChI is InChI=1S/C11H23IN4O2/c1-8(9(17)11(2,3)12)15(5)10(18)16(14-4)7-6-13/h8,14H,6-7,13H2,1-5H3. The lowest BCUT2D eigenvalue weighted by Gasteiger charge is -2.32. The Bertz CT molecular complexity index is 304. The van der Waals surface area contributed by atoms with Crippen molar-refractivity contribution in [3.05, 3.63) is 0 Å². The van der Waals surface area contributed by atoms with Crippen molar-refractivity contribution in [3.63, 3.8) is 0 Å². The fourth-order valence-electron chi connectivity index (χ4n) is 1.46. The van der Waals surface area contributed by atoms with Crippen molar-refractivity contribution in [2.45, 2.75) is 30.2 Å². The highest BCUT2D eigenvalue weighted by Crippen LogP contribution is 2.21. The number of carbonyl (C=O) groups is 2. The number of Topliss-reactive ketones (excluding diaryl/α,β-unsaturated/α-hetero) is 1. The Labute approximate surface area is 122 Å². The molecule has 0 aliphatic carbocycles. The topological polar surface area (TPSA) is 78.7 Å². The molecule has 0 aromatic rings. The monoisotopic (exact) mass is 370 g/mol. The van der Waals surface area contributed by atoms with Crippen LogP contribution in [0, 0.1) is 0 Å². The quantitative estimate of drug-likeness (QED) is 0.408. The summed E-state index contributed by atoms with van der Waals surface area (Å²) < 4.78 is -0.496. The molecule has 7 heteroatoms. The number of hydrazine groups is 1. The summed E-state index contributed by atoms with van der Waals surface area (Å²) >= 11 is 2.08. The van der Waals surface area contributed by atoms with Gasteiger partial charge in [0.2, 0.25) is 0 Å². The highest BCUT2D eigenvalue weighted by atomic mass is 127. The minimum Gasteiger partial charge on any atom is -0.329 e. The van der Waals surface area contributed by atoms with Crippen molar-refractivity contribution in [1.82, 2.24) is 15.3 Å². The van der Waals surface area contributed by atoms with Crippen molar-refractivity contribution >= 4 is 34.4 Å². The first kappa shape index (κ1) is 17.6. The van der Waals surface area contributed by atoms with Crippen LogP contribution in [0.2, 0.25) is 0 Å². The van der Waals surface area contributed by atoms with Gasteiger partial charge in [0.25, 0.3) is 0 Å². The third-order valence-corrected chi connectivity index (χ3v) is 3.23. The Morgan fingerprint density at radius 3 is 2.28 bits per heavy atom. The van der Waals surface area contributed by atoms with E-state index in [1.807, 2.05) is 13.8 Å². The van der Waals surface area contributed by atoms with Crippen LogP contribution < -0.4 is 11.2 Å². The maximum absolute atomic E-state index is 12.1. The second-order valence-electron chi connectivity index (χ2n) is 4.57. The van der Waals surface area contributed by atoms with E-state index in [1.54, 1.807) is 21.0 Å². The number of nitrogens with zero attached hydrogens (tertiary/aromatic N) is 2. The number of amides is 2. The van der Waals surface area contributed by atoms with E-state index in [0.717, 1.165) is 0 Å². The van der Waals surface area contributed by atoms with Gasteiger partial charge in [-0.25, -0.2) is 10.2 Å². The Morgan fingerprint density at radius 2 is 1.94 bits per heavy atom. The summed E-state index contributed by atoms with van der Waals surface area (Å²) in [6, 6.07) is -0.734. The van der Waals surface area contributed by atoms with Gasteiger partial charge in [0, 0.05) is 20.6 Å². The van der Waals surface area contributed by atoms with Gasteiger partial charge in [0.1, 0.15) is 0 Å². The van der Waals surface area contributed by atoms with E-state index in [0.29, 0.717) is 13.1 Å². The van der Waals surface area contributed by atoms with Crippen LogP contribution in [0.5, 0.6) is 0 Å². The molecule has 1 unspecified atom stereocenters. The summed E-state index contributed by atoms with van der Waals surface area (Å²) in [5, 5.41) is 1.39. The molecule has 0 aromatic carbocycles. The maximum atomic E-state index is 12.1. The van der Waals surface area contributed by atoms with Crippen LogP contribution in [0.4, 0.5) is 4.79 Å². The predicted octanol–water partition coefficient (Wildman–Crippen LogP) is 0.605. The number of likely N-dealkylation sites (N-methyl/N-ethyl adjacent to an activating group) is 1. The van der Waals surface area contributed by atoms with Crippen LogP contribution >= 0.6 is 22.6 Å². The molecular weight excluding hydrogens is 347 g/mol. The normalized spacial score (nSPS) is 13.1. The highest BCUT2D eigenvalue weighted by molar-refractivity contribution is 14.1. The summed E-state index contributed by atoms with van der Waals surface area (Å²) in [5.74, 6) is 0.0164. The number of carbonyl (C=O) groups excluding carboxylic acids is 2. The zero-order valence-corrected chi connectivity index (χ0v) is 13.8. The fraction of sp³-hybridized carbons (Fsp3) is 0.818. The zero-order chi connectivity index (χ0) is 14.5. The molecular formula is C11H23IN4O2. The van der Waals surface area contributed by atoms with Crippen LogP contribution in [-0.4, -0.2) is 58.4 Å². The molecule has 106 valence electrons. The van der Waals surface area contributed by atoms with Crippen LogP contribution in [0.25, 0.3) is 0 Å². The van der Waals surface area contributed by atoms with Crippen LogP contribution in [0.1, 0.15) is 20.8 Å². The van der Waals surface area contributed by atoms with Crippen molar-refractivity contribution in [3.8, 4) is 0 Å². The first-order valence-corrected chi connectivity index (χ1v) is 6.89. The van der Waals surface area contributed by atoms with Gasteiger partial charge in [0.05, 0.1) is 16.0 Å². The Morgan fingerprint density at radius 1 is 1.44 bits per heavy atom. The summed E-state index contributed by atoms with van der Waals surface area (Å²) in [4.78, 5) is 25.7. The molecule has 1 atom stereocenters. The Kier molecular flexibility index (Phi) is 7.08.